The zero-order chi connectivity index (χ0) is 22.3. The fourth-order valence-electron chi connectivity index (χ4n) is 3.57. The summed E-state index contributed by atoms with van der Waals surface area (Å²) in [6.07, 6.45) is -2.05. The van der Waals surface area contributed by atoms with E-state index in [9.17, 15) is 10.2 Å². The molecule has 170 valence electrons. The first-order valence-electron chi connectivity index (χ1n) is 10.5. The molecule has 4 atom stereocenters. The van der Waals surface area contributed by atoms with E-state index < -0.39 is 38.3 Å². The Kier molecular flexibility index (Phi) is 6.58. The summed E-state index contributed by atoms with van der Waals surface area (Å²) in [5, 5.41) is 21.4. The molecule has 2 heterocycles. The van der Waals surface area contributed by atoms with Crippen LogP contribution in [-0.2, 0) is 13.9 Å². The average Bonchev–Trinajstić information content (AvgIpc) is 3.22. The van der Waals surface area contributed by atoms with Crippen molar-refractivity contribution in [1.82, 2.24) is 0 Å². The van der Waals surface area contributed by atoms with Crippen LogP contribution in [0.25, 0.3) is 0 Å². The van der Waals surface area contributed by atoms with E-state index in [-0.39, 0.29) is 18.4 Å². The zero-order valence-electron chi connectivity index (χ0n) is 19.1. The molecule has 0 bridgehead atoms. The van der Waals surface area contributed by atoms with Gasteiger partial charge in [0.25, 0.3) is 0 Å². The second-order valence-corrected chi connectivity index (χ2v) is 14.9. The molecule has 0 spiro atoms. The van der Waals surface area contributed by atoms with Crippen molar-refractivity contribution >= 4 is 8.32 Å². The van der Waals surface area contributed by atoms with Gasteiger partial charge in [0.15, 0.2) is 25.6 Å². The normalized spacial score (nSPS) is 25.4. The molecule has 2 N–H and O–H groups in total. The summed E-state index contributed by atoms with van der Waals surface area (Å²) in [5.74, 6) is -0.133. The predicted octanol–water partition coefficient (Wildman–Crippen LogP) is 3.39. The van der Waals surface area contributed by atoms with Crippen LogP contribution < -0.4 is 9.47 Å². The van der Waals surface area contributed by atoms with Crippen LogP contribution in [0.15, 0.2) is 18.2 Å². The van der Waals surface area contributed by atoms with Crippen LogP contribution in [-0.4, -0.2) is 62.6 Å². The molecule has 2 aliphatic rings. The lowest BCUT2D eigenvalue weighted by Crippen LogP contribution is -2.47. The lowest BCUT2D eigenvalue weighted by molar-refractivity contribution is -0.158. The molecule has 0 radical (unpaired) electrons. The third kappa shape index (κ3) is 4.84. The molecule has 0 aliphatic carbocycles. The highest BCUT2D eigenvalue weighted by Gasteiger charge is 2.48. The number of hydrogen-bond acceptors (Lipinski definition) is 7. The molecule has 8 heteroatoms. The number of fused-ring (bicyclic) bond motifs is 1. The van der Waals surface area contributed by atoms with Gasteiger partial charge in [0.1, 0.15) is 12.2 Å². The van der Waals surface area contributed by atoms with Gasteiger partial charge in [-0.1, -0.05) is 26.8 Å². The Morgan fingerprint density at radius 1 is 1.17 bits per heavy atom. The van der Waals surface area contributed by atoms with Crippen molar-refractivity contribution in [1.29, 1.82) is 0 Å². The summed E-state index contributed by atoms with van der Waals surface area (Å²) in [4.78, 5) is 0. The van der Waals surface area contributed by atoms with Gasteiger partial charge in [-0.25, -0.2) is 0 Å². The number of aliphatic hydroxyl groups is 2. The number of ether oxygens (including phenoxy) is 4. The molecule has 2 aliphatic heterocycles. The lowest BCUT2D eigenvalue weighted by atomic mass is 9.89. The van der Waals surface area contributed by atoms with Crippen molar-refractivity contribution in [2.24, 2.45) is 0 Å². The maximum absolute atomic E-state index is 11.2. The number of benzene rings is 1. The number of aliphatic hydroxyl groups excluding tert-OH is 2. The monoisotopic (exact) mass is 440 g/mol. The highest BCUT2D eigenvalue weighted by atomic mass is 28.4. The van der Waals surface area contributed by atoms with Gasteiger partial charge in [0, 0.05) is 5.92 Å². The Morgan fingerprint density at radius 2 is 1.83 bits per heavy atom. The van der Waals surface area contributed by atoms with E-state index in [1.807, 2.05) is 19.9 Å². The minimum absolute atomic E-state index is 0.0657. The van der Waals surface area contributed by atoms with Gasteiger partial charge in [-0.3, -0.25) is 0 Å². The summed E-state index contributed by atoms with van der Waals surface area (Å²) in [7, 11) is -1.99. The Hall–Kier alpha value is -1.16. The highest BCUT2D eigenvalue weighted by Crippen LogP contribution is 2.40. The summed E-state index contributed by atoms with van der Waals surface area (Å²) in [6, 6.07) is 5.43. The maximum Gasteiger partial charge on any atom is 0.231 e. The summed E-state index contributed by atoms with van der Waals surface area (Å²) in [6.45, 7) is 14.8. The summed E-state index contributed by atoms with van der Waals surface area (Å²) < 4.78 is 29.3. The number of hydrogen-bond donors (Lipinski definition) is 2. The molecule has 0 amide bonds. The second kappa shape index (κ2) is 8.41. The third-order valence-corrected chi connectivity index (χ3v) is 10.9. The minimum atomic E-state index is -1.99. The van der Waals surface area contributed by atoms with E-state index in [0.29, 0.717) is 18.1 Å². The van der Waals surface area contributed by atoms with Crippen LogP contribution in [0.1, 0.15) is 46.1 Å². The van der Waals surface area contributed by atoms with Crippen molar-refractivity contribution in [2.75, 3.05) is 20.0 Å². The molecular weight excluding hydrogens is 404 g/mol. The lowest BCUT2D eigenvalue weighted by Gasteiger charge is -2.37. The Bertz CT molecular complexity index is 743. The first kappa shape index (κ1) is 23.5. The topological polar surface area (TPSA) is 86.6 Å². The maximum atomic E-state index is 11.2. The van der Waals surface area contributed by atoms with Gasteiger partial charge in [0.2, 0.25) is 6.79 Å². The number of rotatable bonds is 7. The van der Waals surface area contributed by atoms with E-state index in [1.165, 1.54) is 0 Å². The standard InChI is InChI=1S/C22H36O7Si/c1-21(2,3)30(6,7)27-12-18-20(29-22(4,5)28-18)19(24)15(11-23)14-8-9-16-17(10-14)26-13-25-16/h8-10,15,18-20,23-24H,11-13H2,1-7H3/t15-,18-,19+,20+/m0/s1. The molecule has 0 aromatic heterocycles. The third-order valence-electron chi connectivity index (χ3n) is 6.41. The summed E-state index contributed by atoms with van der Waals surface area (Å²) >= 11 is 0. The average molecular weight is 441 g/mol. The van der Waals surface area contributed by atoms with Crippen LogP contribution in [0.2, 0.25) is 18.1 Å². The van der Waals surface area contributed by atoms with Gasteiger partial charge >= 0.3 is 0 Å². The molecule has 1 fully saturated rings. The zero-order valence-corrected chi connectivity index (χ0v) is 20.1. The van der Waals surface area contributed by atoms with Crippen molar-refractivity contribution < 1.29 is 33.6 Å². The van der Waals surface area contributed by atoms with Crippen molar-refractivity contribution in [3.8, 4) is 11.5 Å². The van der Waals surface area contributed by atoms with E-state index in [4.69, 9.17) is 23.4 Å². The highest BCUT2D eigenvalue weighted by molar-refractivity contribution is 6.74. The van der Waals surface area contributed by atoms with Gasteiger partial charge < -0.3 is 33.6 Å². The Labute approximate surface area is 180 Å². The van der Waals surface area contributed by atoms with Gasteiger partial charge in [-0.05, 0) is 49.7 Å². The van der Waals surface area contributed by atoms with E-state index in [1.54, 1.807) is 12.1 Å². The molecule has 1 aromatic carbocycles. The molecule has 0 unspecified atom stereocenters. The molecule has 0 saturated carbocycles. The Morgan fingerprint density at radius 3 is 2.47 bits per heavy atom. The molecule has 1 aromatic rings. The fourth-order valence-corrected chi connectivity index (χ4v) is 4.59. The second-order valence-electron chi connectivity index (χ2n) is 10.1. The molecule has 7 nitrogen and oxygen atoms in total. The Balaban J connectivity index is 1.78. The van der Waals surface area contributed by atoms with Crippen molar-refractivity contribution in [2.45, 2.75) is 82.8 Å². The molecular formula is C22H36O7Si. The quantitative estimate of drug-likeness (QED) is 0.629. The predicted molar refractivity (Wildman–Crippen MR) is 115 cm³/mol. The van der Waals surface area contributed by atoms with Crippen LogP contribution in [0.4, 0.5) is 0 Å². The van der Waals surface area contributed by atoms with Crippen LogP contribution in [0.5, 0.6) is 11.5 Å². The first-order chi connectivity index (χ1) is 13.8. The van der Waals surface area contributed by atoms with Crippen LogP contribution >= 0.6 is 0 Å². The van der Waals surface area contributed by atoms with Gasteiger partial charge in [0.05, 0.1) is 19.3 Å². The first-order valence-corrected chi connectivity index (χ1v) is 13.4. The minimum Gasteiger partial charge on any atom is -0.454 e. The van der Waals surface area contributed by atoms with Crippen LogP contribution in [0, 0.1) is 0 Å². The van der Waals surface area contributed by atoms with E-state index >= 15 is 0 Å². The van der Waals surface area contributed by atoms with E-state index in [2.05, 4.69) is 33.9 Å². The molecule has 3 rings (SSSR count). The molecule has 1 saturated heterocycles. The van der Waals surface area contributed by atoms with Gasteiger partial charge in [-0.2, -0.15) is 0 Å². The van der Waals surface area contributed by atoms with Crippen molar-refractivity contribution in [3.05, 3.63) is 23.8 Å². The summed E-state index contributed by atoms with van der Waals surface area (Å²) in [5.41, 5.74) is 0.756. The fraction of sp³-hybridized carbons (Fsp3) is 0.727. The van der Waals surface area contributed by atoms with Gasteiger partial charge in [-0.15, -0.1) is 0 Å². The smallest absolute Gasteiger partial charge is 0.231 e. The van der Waals surface area contributed by atoms with Crippen LogP contribution in [0.3, 0.4) is 0 Å². The molecule has 30 heavy (non-hydrogen) atoms. The largest absolute Gasteiger partial charge is 0.454 e. The SMILES string of the molecule is CC1(C)O[C@@H]([C@H](O)[C@@H](CO)c2ccc3c(c2)OCO3)[C@H](CO[Si](C)(C)C(C)(C)C)O1. The van der Waals surface area contributed by atoms with Crippen molar-refractivity contribution in [3.63, 3.8) is 0 Å². The van der Waals surface area contributed by atoms with E-state index in [0.717, 1.165) is 5.56 Å².